The van der Waals surface area contributed by atoms with Crippen molar-refractivity contribution in [2.45, 2.75) is 56.4 Å². The predicted octanol–water partition coefficient (Wildman–Crippen LogP) is 1.79. The van der Waals surface area contributed by atoms with E-state index in [1.807, 2.05) is 11.8 Å². The molecule has 1 amide bonds. The average molecular weight is 300 g/mol. The number of ether oxygens (including phenoxy) is 1. The molecule has 1 aliphatic heterocycles. The lowest BCUT2D eigenvalue weighted by Crippen LogP contribution is -2.47. The number of amides is 1. The summed E-state index contributed by atoms with van der Waals surface area (Å²) in [7, 11) is 0. The molecule has 0 spiro atoms. The maximum absolute atomic E-state index is 12.4. The highest BCUT2D eigenvalue weighted by atomic mass is 32.2. The molecule has 1 saturated heterocycles. The average Bonchev–Trinajstić information content (AvgIpc) is 2.94. The zero-order valence-corrected chi connectivity index (χ0v) is 13.5. The number of nitrogens with one attached hydrogen (secondary N) is 2. The molecule has 2 fully saturated rings. The van der Waals surface area contributed by atoms with E-state index >= 15 is 0 Å². The minimum Gasteiger partial charge on any atom is -0.379 e. The summed E-state index contributed by atoms with van der Waals surface area (Å²) in [6, 6.07) is 0.566. The Morgan fingerprint density at radius 3 is 2.65 bits per heavy atom. The van der Waals surface area contributed by atoms with Gasteiger partial charge in [-0.3, -0.25) is 4.79 Å². The Hall–Kier alpha value is -0.260. The summed E-state index contributed by atoms with van der Waals surface area (Å²) in [5.41, 5.74) is 0. The minimum absolute atomic E-state index is 0.0141. The fourth-order valence-corrected chi connectivity index (χ4v) is 3.84. The van der Waals surface area contributed by atoms with Gasteiger partial charge in [0.1, 0.15) is 0 Å². The number of carbonyl (C=O) groups is 1. The first-order valence-electron chi connectivity index (χ1n) is 7.88. The zero-order chi connectivity index (χ0) is 14.4. The Balaban J connectivity index is 1.76. The third-order valence-corrected chi connectivity index (χ3v) is 5.57. The van der Waals surface area contributed by atoms with Crippen molar-refractivity contribution in [2.24, 2.45) is 5.92 Å². The number of thioether (sulfide) groups is 1. The van der Waals surface area contributed by atoms with Crippen molar-refractivity contribution in [1.29, 1.82) is 0 Å². The van der Waals surface area contributed by atoms with Gasteiger partial charge in [-0.15, -0.1) is 0 Å². The molecular weight excluding hydrogens is 272 g/mol. The monoisotopic (exact) mass is 300 g/mol. The Morgan fingerprint density at radius 1 is 1.25 bits per heavy atom. The largest absolute Gasteiger partial charge is 0.379 e. The van der Waals surface area contributed by atoms with Crippen molar-refractivity contribution >= 4 is 17.7 Å². The van der Waals surface area contributed by atoms with Crippen LogP contribution in [-0.4, -0.2) is 49.3 Å². The van der Waals surface area contributed by atoms with Crippen LogP contribution in [0.25, 0.3) is 0 Å². The maximum Gasteiger partial charge on any atom is 0.227 e. The van der Waals surface area contributed by atoms with Crippen LogP contribution in [0.5, 0.6) is 0 Å². The summed E-state index contributed by atoms with van der Waals surface area (Å²) in [4.78, 5) is 12.4. The van der Waals surface area contributed by atoms with Gasteiger partial charge in [-0.05, 0) is 44.9 Å². The van der Waals surface area contributed by atoms with Crippen LogP contribution < -0.4 is 10.6 Å². The minimum atomic E-state index is -0.0141. The number of rotatable bonds is 6. The SMILES string of the molecule is CCCNC1COCC1C(=O)NC1CCC(SC)CC1. The molecule has 0 radical (unpaired) electrons. The van der Waals surface area contributed by atoms with Gasteiger partial charge in [0.25, 0.3) is 0 Å². The highest BCUT2D eigenvalue weighted by molar-refractivity contribution is 7.99. The molecule has 5 heteroatoms. The molecule has 2 atom stereocenters. The number of hydrogen-bond donors (Lipinski definition) is 2. The first kappa shape index (κ1) is 16.1. The molecule has 0 aromatic heterocycles. The highest BCUT2D eigenvalue weighted by Gasteiger charge is 2.34. The first-order valence-corrected chi connectivity index (χ1v) is 9.17. The van der Waals surface area contributed by atoms with Gasteiger partial charge in [0.2, 0.25) is 5.91 Å². The highest BCUT2D eigenvalue weighted by Crippen LogP contribution is 2.27. The normalized spacial score (nSPS) is 34.1. The molecule has 0 aromatic carbocycles. The number of hydrogen-bond acceptors (Lipinski definition) is 4. The molecule has 2 aliphatic rings. The topological polar surface area (TPSA) is 50.4 Å². The quantitative estimate of drug-likeness (QED) is 0.785. The molecule has 20 heavy (non-hydrogen) atoms. The molecule has 0 bridgehead atoms. The van der Waals surface area contributed by atoms with Gasteiger partial charge in [0, 0.05) is 17.3 Å². The second kappa shape index (κ2) is 8.25. The van der Waals surface area contributed by atoms with E-state index in [0.29, 0.717) is 19.3 Å². The van der Waals surface area contributed by atoms with Crippen molar-refractivity contribution in [2.75, 3.05) is 26.0 Å². The van der Waals surface area contributed by atoms with Gasteiger partial charge in [0.05, 0.1) is 19.1 Å². The molecular formula is C15H28N2O2S. The van der Waals surface area contributed by atoms with E-state index in [4.69, 9.17) is 4.74 Å². The Kier molecular flexibility index (Phi) is 6.65. The van der Waals surface area contributed by atoms with E-state index in [-0.39, 0.29) is 17.9 Å². The lowest BCUT2D eigenvalue weighted by atomic mass is 9.93. The second-order valence-electron chi connectivity index (χ2n) is 5.92. The van der Waals surface area contributed by atoms with Crippen LogP contribution in [0.2, 0.25) is 0 Å². The van der Waals surface area contributed by atoms with Crippen LogP contribution in [0.4, 0.5) is 0 Å². The van der Waals surface area contributed by atoms with E-state index in [1.165, 1.54) is 12.8 Å². The van der Waals surface area contributed by atoms with Crippen LogP contribution >= 0.6 is 11.8 Å². The molecule has 2 N–H and O–H groups in total. The van der Waals surface area contributed by atoms with E-state index in [1.54, 1.807) is 0 Å². The summed E-state index contributed by atoms with van der Waals surface area (Å²) in [6.07, 6.45) is 7.97. The van der Waals surface area contributed by atoms with E-state index in [0.717, 1.165) is 31.1 Å². The van der Waals surface area contributed by atoms with Gasteiger partial charge < -0.3 is 15.4 Å². The lowest BCUT2D eigenvalue weighted by molar-refractivity contribution is -0.126. The first-order chi connectivity index (χ1) is 9.74. The standard InChI is InChI=1S/C15H28N2O2S/c1-3-8-16-14-10-19-9-13(14)15(18)17-11-4-6-12(20-2)7-5-11/h11-14,16H,3-10H2,1-2H3,(H,17,18). The van der Waals surface area contributed by atoms with Gasteiger partial charge in [-0.1, -0.05) is 6.92 Å². The summed E-state index contributed by atoms with van der Waals surface area (Å²) < 4.78 is 5.48. The molecule has 0 aromatic rings. The molecule has 4 nitrogen and oxygen atoms in total. The molecule has 1 heterocycles. The van der Waals surface area contributed by atoms with Gasteiger partial charge in [-0.25, -0.2) is 0 Å². The van der Waals surface area contributed by atoms with Crippen molar-refractivity contribution in [1.82, 2.24) is 10.6 Å². The molecule has 1 saturated carbocycles. The molecule has 116 valence electrons. The van der Waals surface area contributed by atoms with Crippen molar-refractivity contribution in [3.8, 4) is 0 Å². The van der Waals surface area contributed by atoms with E-state index in [2.05, 4.69) is 23.8 Å². The van der Waals surface area contributed by atoms with Crippen molar-refractivity contribution in [3.63, 3.8) is 0 Å². The Bertz CT molecular complexity index is 306. The van der Waals surface area contributed by atoms with Gasteiger partial charge in [0.15, 0.2) is 0 Å². The maximum atomic E-state index is 12.4. The molecule has 2 unspecified atom stereocenters. The summed E-state index contributed by atoms with van der Waals surface area (Å²) in [5.74, 6) is 0.170. The molecule has 2 rings (SSSR count). The Labute approximate surface area is 126 Å². The Morgan fingerprint density at radius 2 is 2.00 bits per heavy atom. The van der Waals surface area contributed by atoms with Gasteiger partial charge in [-0.2, -0.15) is 11.8 Å². The summed E-state index contributed by atoms with van der Waals surface area (Å²) >= 11 is 1.96. The van der Waals surface area contributed by atoms with Gasteiger partial charge >= 0.3 is 0 Å². The summed E-state index contributed by atoms with van der Waals surface area (Å²) in [5, 5.41) is 7.46. The zero-order valence-electron chi connectivity index (χ0n) is 12.7. The second-order valence-corrected chi connectivity index (χ2v) is 7.06. The number of carbonyl (C=O) groups excluding carboxylic acids is 1. The summed E-state index contributed by atoms with van der Waals surface area (Å²) in [6.45, 7) is 4.32. The lowest BCUT2D eigenvalue weighted by Gasteiger charge is -2.29. The third kappa shape index (κ3) is 4.37. The van der Waals surface area contributed by atoms with E-state index < -0.39 is 0 Å². The molecule has 1 aliphatic carbocycles. The fraction of sp³-hybridized carbons (Fsp3) is 0.933. The smallest absolute Gasteiger partial charge is 0.227 e. The van der Waals surface area contributed by atoms with E-state index in [9.17, 15) is 4.79 Å². The predicted molar refractivity (Wildman–Crippen MR) is 84.1 cm³/mol. The van der Waals surface area contributed by atoms with Crippen LogP contribution in [0.1, 0.15) is 39.0 Å². The van der Waals surface area contributed by atoms with Crippen molar-refractivity contribution in [3.05, 3.63) is 0 Å². The fourth-order valence-electron chi connectivity index (χ4n) is 3.09. The van der Waals surface area contributed by atoms with Crippen LogP contribution in [0.15, 0.2) is 0 Å². The van der Waals surface area contributed by atoms with Crippen LogP contribution in [0, 0.1) is 5.92 Å². The van der Waals surface area contributed by atoms with Crippen molar-refractivity contribution < 1.29 is 9.53 Å². The third-order valence-electron chi connectivity index (χ3n) is 4.43. The van der Waals surface area contributed by atoms with Crippen LogP contribution in [0.3, 0.4) is 0 Å². The van der Waals surface area contributed by atoms with Crippen LogP contribution in [-0.2, 0) is 9.53 Å².